The number of thiophene rings is 1. The van der Waals surface area contributed by atoms with Gasteiger partial charge in [0.05, 0.1) is 12.1 Å². The Bertz CT molecular complexity index is 427. The normalized spacial score (nSPS) is 19.4. The summed E-state index contributed by atoms with van der Waals surface area (Å²) < 4.78 is 0. The van der Waals surface area contributed by atoms with Crippen molar-refractivity contribution in [3.8, 4) is 0 Å². The average Bonchev–Trinajstić information content (AvgIpc) is 3.00. The van der Waals surface area contributed by atoms with Crippen molar-refractivity contribution in [2.24, 2.45) is 5.92 Å². The molecule has 4 nitrogen and oxygen atoms in total. The molecule has 2 atom stereocenters. The second kappa shape index (κ2) is 7.92. The van der Waals surface area contributed by atoms with Crippen LogP contribution in [0.3, 0.4) is 0 Å². The number of hydrogen-bond donors (Lipinski definition) is 2. The minimum Gasteiger partial charge on any atom is -0.387 e. The molecule has 1 saturated heterocycles. The molecule has 0 aromatic carbocycles. The van der Waals surface area contributed by atoms with Gasteiger partial charge in [0, 0.05) is 6.54 Å². The maximum Gasteiger partial charge on any atom is 0.237 e. The molecule has 0 bridgehead atoms. The zero-order chi connectivity index (χ0) is 15.2. The van der Waals surface area contributed by atoms with Crippen molar-refractivity contribution in [1.82, 2.24) is 10.2 Å². The first-order valence-corrected chi connectivity index (χ1v) is 8.76. The Hall–Kier alpha value is -0.910. The van der Waals surface area contributed by atoms with Crippen molar-refractivity contribution in [2.75, 3.05) is 19.6 Å². The van der Waals surface area contributed by atoms with E-state index in [1.165, 1.54) is 19.3 Å². The molecule has 1 fully saturated rings. The van der Waals surface area contributed by atoms with E-state index in [9.17, 15) is 9.90 Å². The number of carbonyl (C=O) groups is 1. The van der Waals surface area contributed by atoms with Gasteiger partial charge in [0.25, 0.3) is 0 Å². The summed E-state index contributed by atoms with van der Waals surface area (Å²) in [6, 6.07) is 1.81. The Balaban J connectivity index is 1.89. The number of nitrogens with zero attached hydrogens (tertiary/aromatic N) is 1. The van der Waals surface area contributed by atoms with E-state index in [1.807, 2.05) is 16.8 Å². The molecule has 0 saturated carbocycles. The fourth-order valence-corrected chi connectivity index (χ4v) is 3.68. The fraction of sp³-hybridized carbons (Fsp3) is 0.688. The maximum absolute atomic E-state index is 12.5. The van der Waals surface area contributed by atoms with Gasteiger partial charge in [0.15, 0.2) is 0 Å². The van der Waals surface area contributed by atoms with Crippen LogP contribution in [-0.4, -0.2) is 41.6 Å². The number of piperidine rings is 1. The minimum absolute atomic E-state index is 0.0428. The van der Waals surface area contributed by atoms with Gasteiger partial charge in [-0.15, -0.1) is 0 Å². The van der Waals surface area contributed by atoms with Crippen molar-refractivity contribution in [3.63, 3.8) is 0 Å². The third-order valence-electron chi connectivity index (χ3n) is 4.08. The zero-order valence-electron chi connectivity index (χ0n) is 12.9. The molecule has 1 aromatic rings. The molecule has 118 valence electrons. The van der Waals surface area contributed by atoms with Gasteiger partial charge in [-0.3, -0.25) is 9.69 Å². The van der Waals surface area contributed by atoms with Crippen LogP contribution in [-0.2, 0) is 4.79 Å². The molecule has 1 aliphatic rings. The van der Waals surface area contributed by atoms with Gasteiger partial charge in [-0.05, 0) is 54.2 Å². The summed E-state index contributed by atoms with van der Waals surface area (Å²) in [6.07, 6.45) is 3.00. The van der Waals surface area contributed by atoms with Gasteiger partial charge in [-0.2, -0.15) is 11.3 Å². The molecule has 2 N–H and O–H groups in total. The summed E-state index contributed by atoms with van der Waals surface area (Å²) in [4.78, 5) is 14.8. The Morgan fingerprint density at radius 3 is 2.67 bits per heavy atom. The Kier molecular flexibility index (Phi) is 6.21. The number of likely N-dealkylation sites (tertiary alicyclic amines) is 1. The highest BCUT2D eigenvalue weighted by atomic mass is 32.1. The van der Waals surface area contributed by atoms with Crippen LogP contribution in [0.25, 0.3) is 0 Å². The number of amides is 1. The van der Waals surface area contributed by atoms with Gasteiger partial charge >= 0.3 is 0 Å². The monoisotopic (exact) mass is 310 g/mol. The summed E-state index contributed by atoms with van der Waals surface area (Å²) in [7, 11) is 0. The molecule has 2 rings (SSSR count). The van der Waals surface area contributed by atoms with E-state index in [2.05, 4.69) is 24.1 Å². The van der Waals surface area contributed by atoms with E-state index in [-0.39, 0.29) is 24.4 Å². The fourth-order valence-electron chi connectivity index (χ4n) is 2.97. The smallest absolute Gasteiger partial charge is 0.237 e. The number of rotatable bonds is 6. The van der Waals surface area contributed by atoms with Crippen LogP contribution in [0.2, 0.25) is 0 Å². The summed E-state index contributed by atoms with van der Waals surface area (Å²) in [5.41, 5.74) is 0.874. The number of carbonyl (C=O) groups excluding carboxylic acids is 1. The third kappa shape index (κ3) is 4.53. The lowest BCUT2D eigenvalue weighted by molar-refractivity contribution is -0.129. The highest BCUT2D eigenvalue weighted by Gasteiger charge is 2.29. The predicted molar refractivity (Wildman–Crippen MR) is 86.3 cm³/mol. The van der Waals surface area contributed by atoms with Gasteiger partial charge in [-0.1, -0.05) is 20.3 Å². The lowest BCUT2D eigenvalue weighted by Gasteiger charge is -2.36. The van der Waals surface area contributed by atoms with Gasteiger partial charge in [0.2, 0.25) is 5.91 Å². The van der Waals surface area contributed by atoms with Crippen LogP contribution in [0, 0.1) is 5.92 Å². The van der Waals surface area contributed by atoms with Crippen molar-refractivity contribution >= 4 is 17.2 Å². The summed E-state index contributed by atoms with van der Waals surface area (Å²) in [6.45, 7) is 6.47. The first kappa shape index (κ1) is 16.5. The average molecular weight is 310 g/mol. The quantitative estimate of drug-likeness (QED) is 0.848. The molecule has 21 heavy (non-hydrogen) atoms. The van der Waals surface area contributed by atoms with E-state index in [4.69, 9.17) is 0 Å². The molecule has 0 spiro atoms. The predicted octanol–water partition coefficient (Wildman–Crippen LogP) is 2.41. The van der Waals surface area contributed by atoms with Crippen molar-refractivity contribution < 1.29 is 9.90 Å². The number of hydrogen-bond acceptors (Lipinski definition) is 4. The standard InChI is InChI=1S/C16H26N2O2S/c1-12(2)15(18-7-4-3-5-8-18)16(20)17-10-14(19)13-6-9-21-11-13/h6,9,11-12,14-15,19H,3-5,7-8,10H2,1-2H3,(H,17,20). The first-order valence-electron chi connectivity index (χ1n) is 7.81. The Morgan fingerprint density at radius 2 is 2.10 bits per heavy atom. The SMILES string of the molecule is CC(C)C(C(=O)NCC(O)c1ccsc1)N1CCCCC1. The lowest BCUT2D eigenvalue weighted by atomic mass is 9.98. The van der Waals surface area contributed by atoms with E-state index in [0.29, 0.717) is 0 Å². The summed E-state index contributed by atoms with van der Waals surface area (Å²) >= 11 is 1.56. The molecular formula is C16H26N2O2S. The van der Waals surface area contributed by atoms with E-state index in [0.717, 1.165) is 18.7 Å². The minimum atomic E-state index is -0.616. The van der Waals surface area contributed by atoms with Crippen molar-refractivity contribution in [1.29, 1.82) is 0 Å². The van der Waals surface area contributed by atoms with E-state index >= 15 is 0 Å². The van der Waals surface area contributed by atoms with Gasteiger partial charge in [0.1, 0.15) is 0 Å². The molecule has 2 heterocycles. The Labute approximate surface area is 131 Å². The third-order valence-corrected chi connectivity index (χ3v) is 4.78. The maximum atomic E-state index is 12.5. The molecule has 0 radical (unpaired) electrons. The van der Waals surface area contributed by atoms with Crippen LogP contribution < -0.4 is 5.32 Å². The van der Waals surface area contributed by atoms with Crippen LogP contribution >= 0.6 is 11.3 Å². The number of aliphatic hydroxyl groups is 1. The second-order valence-electron chi connectivity index (χ2n) is 6.10. The second-order valence-corrected chi connectivity index (χ2v) is 6.88. The molecule has 1 aliphatic heterocycles. The molecule has 1 amide bonds. The summed E-state index contributed by atoms with van der Waals surface area (Å²) in [5, 5.41) is 16.8. The largest absolute Gasteiger partial charge is 0.387 e. The van der Waals surface area contributed by atoms with Gasteiger partial charge in [-0.25, -0.2) is 0 Å². The molecule has 0 aliphatic carbocycles. The van der Waals surface area contributed by atoms with Crippen molar-refractivity contribution in [3.05, 3.63) is 22.4 Å². The van der Waals surface area contributed by atoms with Crippen LogP contribution in [0.15, 0.2) is 16.8 Å². The Morgan fingerprint density at radius 1 is 1.38 bits per heavy atom. The highest BCUT2D eigenvalue weighted by molar-refractivity contribution is 7.07. The molecule has 5 heteroatoms. The highest BCUT2D eigenvalue weighted by Crippen LogP contribution is 2.19. The zero-order valence-corrected chi connectivity index (χ0v) is 13.7. The lowest BCUT2D eigenvalue weighted by Crippen LogP contribution is -2.52. The first-order chi connectivity index (χ1) is 10.1. The molecular weight excluding hydrogens is 284 g/mol. The van der Waals surface area contributed by atoms with Gasteiger partial charge < -0.3 is 10.4 Å². The summed E-state index contributed by atoms with van der Waals surface area (Å²) in [5.74, 6) is 0.322. The van der Waals surface area contributed by atoms with Crippen LogP contribution in [0.5, 0.6) is 0 Å². The van der Waals surface area contributed by atoms with E-state index < -0.39 is 6.10 Å². The van der Waals surface area contributed by atoms with Crippen LogP contribution in [0.4, 0.5) is 0 Å². The number of aliphatic hydroxyl groups excluding tert-OH is 1. The van der Waals surface area contributed by atoms with Crippen LogP contribution in [0.1, 0.15) is 44.8 Å². The molecule has 1 aromatic heterocycles. The van der Waals surface area contributed by atoms with Crippen molar-refractivity contribution in [2.45, 2.75) is 45.3 Å². The number of nitrogens with one attached hydrogen (secondary N) is 1. The topological polar surface area (TPSA) is 52.6 Å². The molecule has 2 unspecified atom stereocenters. The van der Waals surface area contributed by atoms with E-state index in [1.54, 1.807) is 11.3 Å².